The van der Waals surface area contributed by atoms with Crippen LogP contribution in [0.25, 0.3) is 0 Å². The minimum Gasteiger partial charge on any atom is -0.445 e. The second-order valence-corrected chi connectivity index (χ2v) is 8.84. The fourth-order valence-corrected chi connectivity index (χ4v) is 4.46. The molecule has 0 saturated heterocycles. The number of hydrogen-bond acceptors (Lipinski definition) is 5. The van der Waals surface area contributed by atoms with E-state index in [1.54, 1.807) is 24.3 Å². The van der Waals surface area contributed by atoms with Gasteiger partial charge in [-0.2, -0.15) is 0 Å². The van der Waals surface area contributed by atoms with Crippen molar-refractivity contribution in [1.82, 2.24) is 5.32 Å². The molecule has 0 heterocycles. The lowest BCUT2D eigenvalue weighted by molar-refractivity contribution is -0.0794. The second kappa shape index (κ2) is 11.0. The molecule has 0 fully saturated rings. The van der Waals surface area contributed by atoms with E-state index in [0.717, 1.165) is 5.56 Å². The van der Waals surface area contributed by atoms with Gasteiger partial charge in [-0.3, -0.25) is 4.57 Å². The summed E-state index contributed by atoms with van der Waals surface area (Å²) in [6, 6.07) is 18.0. The third-order valence-corrected chi connectivity index (χ3v) is 6.37. The zero-order valence-corrected chi connectivity index (χ0v) is 16.6. The van der Waals surface area contributed by atoms with E-state index in [4.69, 9.17) is 9.47 Å². The van der Waals surface area contributed by atoms with Gasteiger partial charge in [0.1, 0.15) is 12.4 Å². The number of rotatable bonds is 10. The average Bonchev–Trinajstić information content (AvgIpc) is 2.70. The number of benzene rings is 2. The summed E-state index contributed by atoms with van der Waals surface area (Å²) < 4.78 is 22.9. The van der Waals surface area contributed by atoms with Gasteiger partial charge >= 0.3 is 6.09 Å². The summed E-state index contributed by atoms with van der Waals surface area (Å²) in [6.07, 6.45) is -1.81. The predicted octanol–water partition coefficient (Wildman–Crippen LogP) is 3.45. The van der Waals surface area contributed by atoms with E-state index in [1.807, 2.05) is 36.4 Å². The van der Waals surface area contributed by atoms with Crippen molar-refractivity contribution in [2.45, 2.75) is 37.7 Å². The van der Waals surface area contributed by atoms with Gasteiger partial charge in [-0.05, 0) is 17.5 Å². The fourth-order valence-electron chi connectivity index (χ4n) is 2.65. The number of aliphatic hydroxyl groups excluding tert-OH is 1. The average molecular weight is 407 g/mol. The number of hydrogen-bond donors (Lipinski definition) is 3. The predicted molar refractivity (Wildman–Crippen MR) is 106 cm³/mol. The smallest absolute Gasteiger partial charge is 0.408 e. The van der Waals surface area contributed by atoms with Crippen LogP contribution in [0.2, 0.25) is 0 Å². The van der Waals surface area contributed by atoms with Crippen LogP contribution in [0, 0.1) is 0 Å². The van der Waals surface area contributed by atoms with E-state index in [9.17, 15) is 19.4 Å². The molecule has 2 aromatic rings. The Morgan fingerprint density at radius 2 is 1.61 bits per heavy atom. The number of aliphatic hydroxyl groups is 1. The highest BCUT2D eigenvalue weighted by Gasteiger charge is 2.33. The van der Waals surface area contributed by atoms with E-state index >= 15 is 0 Å². The summed E-state index contributed by atoms with van der Waals surface area (Å²) in [4.78, 5) is 22.8. The Labute approximate surface area is 164 Å². The first-order valence-electron chi connectivity index (χ1n) is 8.94. The molecule has 1 amide bonds. The third-order valence-electron chi connectivity index (χ3n) is 4.20. The largest absolute Gasteiger partial charge is 0.445 e. The Kier molecular flexibility index (Phi) is 8.67. The first-order chi connectivity index (χ1) is 13.4. The van der Waals surface area contributed by atoms with Gasteiger partial charge in [0.25, 0.3) is 0 Å². The highest BCUT2D eigenvalue weighted by molar-refractivity contribution is 7.57. The van der Waals surface area contributed by atoms with E-state index in [-0.39, 0.29) is 25.6 Å². The first-order valence-corrected chi connectivity index (χ1v) is 10.9. The molecule has 0 aliphatic carbocycles. The lowest BCUT2D eigenvalue weighted by Gasteiger charge is -2.25. The van der Waals surface area contributed by atoms with Gasteiger partial charge in [-0.1, -0.05) is 60.7 Å². The summed E-state index contributed by atoms with van der Waals surface area (Å²) in [5.74, 6) is -1.07. The zero-order chi connectivity index (χ0) is 20.4. The molecule has 0 bridgehead atoms. The van der Waals surface area contributed by atoms with Crippen LogP contribution in [0.3, 0.4) is 0 Å². The van der Waals surface area contributed by atoms with Crippen LogP contribution in [-0.2, 0) is 26.8 Å². The highest BCUT2D eigenvalue weighted by Crippen LogP contribution is 2.50. The molecule has 7 nitrogen and oxygen atoms in total. The van der Waals surface area contributed by atoms with Crippen molar-refractivity contribution in [1.29, 1.82) is 0 Å². The van der Waals surface area contributed by atoms with Gasteiger partial charge in [-0.15, -0.1) is 0 Å². The van der Waals surface area contributed by atoms with Crippen LogP contribution in [0.1, 0.15) is 24.0 Å². The van der Waals surface area contributed by atoms with Gasteiger partial charge in [0.15, 0.2) is 6.29 Å². The number of alkyl carbamates (subject to hydrolysis) is 1. The third kappa shape index (κ3) is 7.44. The van der Waals surface area contributed by atoms with Crippen molar-refractivity contribution in [2.24, 2.45) is 0 Å². The lowest BCUT2D eigenvalue weighted by atomic mass is 10.2. The van der Waals surface area contributed by atoms with Gasteiger partial charge in [0.2, 0.25) is 7.37 Å². The molecule has 0 aliphatic rings. The molecule has 2 aromatic carbocycles. The molecule has 152 valence electrons. The van der Waals surface area contributed by atoms with Crippen molar-refractivity contribution in [3.05, 3.63) is 71.8 Å². The van der Waals surface area contributed by atoms with Crippen molar-refractivity contribution < 1.29 is 28.8 Å². The number of carbonyl (C=O) groups excluding carboxylic acids is 1. The molecule has 3 unspecified atom stereocenters. The van der Waals surface area contributed by atoms with Gasteiger partial charge in [0, 0.05) is 13.5 Å². The van der Waals surface area contributed by atoms with Crippen LogP contribution in [0.5, 0.6) is 0 Å². The van der Waals surface area contributed by atoms with E-state index in [2.05, 4.69) is 5.32 Å². The quantitative estimate of drug-likeness (QED) is 0.412. The molecule has 0 saturated carbocycles. The zero-order valence-electron chi connectivity index (χ0n) is 15.7. The molecule has 8 heteroatoms. The molecule has 3 N–H and O–H groups in total. The number of carbonyl (C=O) groups is 1. The fraction of sp³-hybridized carbons (Fsp3) is 0.350. The second-order valence-electron chi connectivity index (χ2n) is 6.39. The molecule has 2 rings (SSSR count). The van der Waals surface area contributed by atoms with E-state index < -0.39 is 25.5 Å². The molecule has 0 radical (unpaired) electrons. The maximum atomic E-state index is 13.0. The Bertz CT molecular complexity index is 771. The van der Waals surface area contributed by atoms with Crippen LogP contribution < -0.4 is 5.32 Å². The Morgan fingerprint density at radius 1 is 1.04 bits per heavy atom. The van der Waals surface area contributed by atoms with Crippen molar-refractivity contribution >= 4 is 13.5 Å². The normalized spacial score (nSPS) is 15.2. The molecular formula is C20H26NO6P. The minimum atomic E-state index is -3.82. The molecule has 0 aromatic heterocycles. The number of methoxy groups -OCH3 is 1. The van der Waals surface area contributed by atoms with E-state index in [0.29, 0.717) is 5.56 Å². The van der Waals surface area contributed by atoms with Crippen LogP contribution >= 0.6 is 7.37 Å². The van der Waals surface area contributed by atoms with Gasteiger partial charge < -0.3 is 24.8 Å². The van der Waals surface area contributed by atoms with Gasteiger partial charge in [-0.25, -0.2) is 4.79 Å². The van der Waals surface area contributed by atoms with Crippen LogP contribution in [0.4, 0.5) is 4.79 Å². The van der Waals surface area contributed by atoms with Crippen molar-refractivity contribution in [3.63, 3.8) is 0 Å². The van der Waals surface area contributed by atoms with Crippen LogP contribution in [-0.4, -0.2) is 35.3 Å². The number of ether oxygens (including phenoxy) is 2. The summed E-state index contributed by atoms with van der Waals surface area (Å²) >= 11 is 0. The Hall–Kier alpha value is -2.18. The Balaban J connectivity index is 2.02. The number of amides is 1. The maximum Gasteiger partial charge on any atom is 0.408 e. The molecular weight excluding hydrogens is 381 g/mol. The molecule has 0 aliphatic heterocycles. The molecule has 28 heavy (non-hydrogen) atoms. The first kappa shape index (κ1) is 22.1. The summed E-state index contributed by atoms with van der Waals surface area (Å²) in [6.45, 7) is 0.0501. The topological polar surface area (TPSA) is 105 Å². The SMILES string of the molecule is COC(O)CCC(NC(=O)OCc1ccccc1)P(=O)(O)Cc1ccccc1. The lowest BCUT2D eigenvalue weighted by Crippen LogP contribution is -2.36. The number of nitrogens with one attached hydrogen (secondary N) is 1. The maximum absolute atomic E-state index is 13.0. The van der Waals surface area contributed by atoms with Crippen molar-refractivity contribution in [3.8, 4) is 0 Å². The monoisotopic (exact) mass is 407 g/mol. The highest BCUT2D eigenvalue weighted by atomic mass is 31.2. The van der Waals surface area contributed by atoms with Gasteiger partial charge in [0.05, 0.1) is 6.16 Å². The van der Waals surface area contributed by atoms with E-state index in [1.165, 1.54) is 7.11 Å². The Morgan fingerprint density at radius 3 is 2.18 bits per heavy atom. The minimum absolute atomic E-state index is 0.0501. The summed E-state index contributed by atoms with van der Waals surface area (Å²) in [7, 11) is -2.48. The molecule has 0 spiro atoms. The molecule has 3 atom stereocenters. The summed E-state index contributed by atoms with van der Waals surface area (Å²) in [5.41, 5.74) is 1.49. The summed E-state index contributed by atoms with van der Waals surface area (Å²) in [5, 5.41) is 12.1. The van der Waals surface area contributed by atoms with Crippen molar-refractivity contribution in [2.75, 3.05) is 7.11 Å². The standard InChI is InChI=1S/C20H26NO6P/c1-26-19(22)13-12-18(28(24,25)15-17-10-6-3-7-11-17)21-20(23)27-14-16-8-4-2-5-9-16/h2-11,18-19,22H,12-15H2,1H3,(H,21,23)(H,24,25). The van der Waals surface area contributed by atoms with Crippen LogP contribution in [0.15, 0.2) is 60.7 Å².